The average Bonchev–Trinajstić information content (AvgIpc) is 2.22. The van der Waals surface area contributed by atoms with Gasteiger partial charge in [0, 0.05) is 0 Å². The zero-order chi connectivity index (χ0) is 12.3. The van der Waals surface area contributed by atoms with Gasteiger partial charge >= 0.3 is 0 Å². The third-order valence-electron chi connectivity index (χ3n) is 2.05. The molecule has 0 bridgehead atoms. The van der Waals surface area contributed by atoms with Gasteiger partial charge in [0.25, 0.3) is 0 Å². The van der Waals surface area contributed by atoms with Gasteiger partial charge in [-0.2, -0.15) is 0 Å². The van der Waals surface area contributed by atoms with E-state index in [1.165, 1.54) is 6.07 Å². The van der Waals surface area contributed by atoms with Crippen molar-refractivity contribution in [2.45, 2.75) is 18.7 Å². The lowest BCUT2D eigenvalue weighted by atomic mass is 10.1. The molecule has 1 atom stereocenters. The fourth-order valence-electron chi connectivity index (χ4n) is 1.11. The van der Waals surface area contributed by atoms with E-state index in [0.29, 0.717) is 0 Å². The SMILES string of the molecule is CC(C)C(Br)C(=O)Nc1c(F)cccc1F. The van der Waals surface area contributed by atoms with Crippen LogP contribution >= 0.6 is 15.9 Å². The van der Waals surface area contributed by atoms with Crippen LogP contribution in [0, 0.1) is 17.6 Å². The molecule has 0 aliphatic rings. The van der Waals surface area contributed by atoms with Crippen molar-refractivity contribution in [2.75, 3.05) is 5.32 Å². The zero-order valence-corrected chi connectivity index (χ0v) is 10.5. The van der Waals surface area contributed by atoms with Gasteiger partial charge in [-0.15, -0.1) is 0 Å². The van der Waals surface area contributed by atoms with Gasteiger partial charge in [0.2, 0.25) is 5.91 Å². The Morgan fingerprint density at radius 2 is 1.81 bits per heavy atom. The Morgan fingerprint density at radius 3 is 2.25 bits per heavy atom. The molecular formula is C11H12BrF2NO. The Hall–Kier alpha value is -0.970. The van der Waals surface area contributed by atoms with Gasteiger partial charge in [-0.3, -0.25) is 4.79 Å². The quantitative estimate of drug-likeness (QED) is 0.851. The van der Waals surface area contributed by atoms with Crippen LogP contribution in [0.25, 0.3) is 0 Å². The summed E-state index contributed by atoms with van der Waals surface area (Å²) < 4.78 is 26.4. The summed E-state index contributed by atoms with van der Waals surface area (Å²) in [6, 6.07) is 3.43. The number of carbonyl (C=O) groups is 1. The lowest BCUT2D eigenvalue weighted by molar-refractivity contribution is -0.116. The molecule has 5 heteroatoms. The summed E-state index contributed by atoms with van der Waals surface area (Å²) in [6.07, 6.45) is 0. The van der Waals surface area contributed by atoms with Crippen LogP contribution < -0.4 is 5.32 Å². The molecule has 1 aromatic carbocycles. The summed E-state index contributed by atoms with van der Waals surface area (Å²) in [7, 11) is 0. The predicted octanol–water partition coefficient (Wildman–Crippen LogP) is 3.32. The number of nitrogens with one attached hydrogen (secondary N) is 1. The van der Waals surface area contributed by atoms with Crippen LogP contribution in [-0.4, -0.2) is 10.7 Å². The van der Waals surface area contributed by atoms with E-state index in [9.17, 15) is 13.6 Å². The van der Waals surface area contributed by atoms with Crippen LogP contribution in [0.3, 0.4) is 0 Å². The Bertz CT molecular complexity index is 375. The normalized spacial score (nSPS) is 12.6. The highest BCUT2D eigenvalue weighted by Crippen LogP contribution is 2.20. The van der Waals surface area contributed by atoms with Gasteiger partial charge in [0.05, 0.1) is 4.83 Å². The Balaban J connectivity index is 2.85. The van der Waals surface area contributed by atoms with Crippen molar-refractivity contribution in [1.29, 1.82) is 0 Å². The van der Waals surface area contributed by atoms with E-state index in [1.807, 2.05) is 13.8 Å². The molecule has 0 heterocycles. The molecule has 0 saturated heterocycles. The summed E-state index contributed by atoms with van der Waals surface area (Å²) in [5, 5.41) is 2.22. The number of amides is 1. The van der Waals surface area contributed by atoms with Crippen LogP contribution in [0.1, 0.15) is 13.8 Å². The first-order valence-electron chi connectivity index (χ1n) is 4.82. The van der Waals surface area contributed by atoms with Crippen molar-refractivity contribution >= 4 is 27.5 Å². The van der Waals surface area contributed by atoms with Crippen molar-refractivity contribution in [1.82, 2.24) is 0 Å². The van der Waals surface area contributed by atoms with E-state index < -0.39 is 28.1 Å². The number of hydrogen-bond acceptors (Lipinski definition) is 1. The van der Waals surface area contributed by atoms with Gasteiger partial charge in [-0.1, -0.05) is 35.8 Å². The third-order valence-corrected chi connectivity index (χ3v) is 3.52. The molecule has 0 fully saturated rings. The molecule has 1 amide bonds. The van der Waals surface area contributed by atoms with E-state index in [0.717, 1.165) is 12.1 Å². The van der Waals surface area contributed by atoms with Crippen molar-refractivity contribution in [3.05, 3.63) is 29.8 Å². The molecule has 1 unspecified atom stereocenters. The molecular weight excluding hydrogens is 280 g/mol. The van der Waals surface area contributed by atoms with Gasteiger partial charge in [-0.25, -0.2) is 8.78 Å². The van der Waals surface area contributed by atoms with Gasteiger partial charge < -0.3 is 5.32 Å². The molecule has 0 aliphatic carbocycles. The number of carbonyl (C=O) groups excluding carboxylic acids is 1. The van der Waals surface area contributed by atoms with E-state index in [4.69, 9.17) is 0 Å². The van der Waals surface area contributed by atoms with Crippen molar-refractivity contribution in [3.63, 3.8) is 0 Å². The zero-order valence-electron chi connectivity index (χ0n) is 8.93. The molecule has 0 aromatic heterocycles. The summed E-state index contributed by atoms with van der Waals surface area (Å²) in [6.45, 7) is 3.66. The fraction of sp³-hybridized carbons (Fsp3) is 0.364. The number of halogens is 3. The van der Waals surface area contributed by atoms with E-state index in [2.05, 4.69) is 21.2 Å². The lowest BCUT2D eigenvalue weighted by Gasteiger charge is -2.14. The monoisotopic (exact) mass is 291 g/mol. The van der Waals surface area contributed by atoms with Crippen LogP contribution in [-0.2, 0) is 4.79 Å². The molecule has 1 N–H and O–H groups in total. The molecule has 1 rings (SSSR count). The van der Waals surface area contributed by atoms with Crippen LogP contribution in [0.2, 0.25) is 0 Å². The average molecular weight is 292 g/mol. The number of anilines is 1. The molecule has 0 radical (unpaired) electrons. The largest absolute Gasteiger partial charge is 0.320 e. The molecule has 16 heavy (non-hydrogen) atoms. The number of para-hydroxylation sites is 1. The smallest absolute Gasteiger partial charge is 0.238 e. The highest BCUT2D eigenvalue weighted by molar-refractivity contribution is 9.10. The van der Waals surface area contributed by atoms with Gasteiger partial charge in [-0.05, 0) is 18.1 Å². The minimum Gasteiger partial charge on any atom is -0.320 e. The lowest BCUT2D eigenvalue weighted by Crippen LogP contribution is -2.27. The maximum atomic E-state index is 13.2. The minimum absolute atomic E-state index is 0.0369. The number of rotatable bonds is 3. The molecule has 2 nitrogen and oxygen atoms in total. The Labute approximate surface area is 101 Å². The Morgan fingerprint density at radius 1 is 1.31 bits per heavy atom. The summed E-state index contributed by atoms with van der Waals surface area (Å²) >= 11 is 3.16. The number of benzene rings is 1. The first kappa shape index (κ1) is 13.1. The van der Waals surface area contributed by atoms with Crippen molar-refractivity contribution < 1.29 is 13.6 Å². The summed E-state index contributed by atoms with van der Waals surface area (Å²) in [5.41, 5.74) is -0.405. The van der Waals surface area contributed by atoms with Crippen molar-refractivity contribution in [2.24, 2.45) is 5.92 Å². The fourth-order valence-corrected chi connectivity index (χ4v) is 1.23. The van der Waals surface area contributed by atoms with Crippen LogP contribution in [0.4, 0.5) is 14.5 Å². The number of hydrogen-bond donors (Lipinski definition) is 1. The minimum atomic E-state index is -0.781. The second kappa shape index (κ2) is 5.39. The first-order valence-corrected chi connectivity index (χ1v) is 5.74. The van der Waals surface area contributed by atoms with Gasteiger partial charge in [0.15, 0.2) is 0 Å². The molecule has 0 spiro atoms. The molecule has 1 aromatic rings. The third kappa shape index (κ3) is 3.01. The summed E-state index contributed by atoms with van der Waals surface area (Å²) in [4.78, 5) is 11.1. The van der Waals surface area contributed by atoms with E-state index in [1.54, 1.807) is 0 Å². The first-order chi connectivity index (χ1) is 7.43. The van der Waals surface area contributed by atoms with Gasteiger partial charge in [0.1, 0.15) is 17.3 Å². The van der Waals surface area contributed by atoms with Crippen molar-refractivity contribution in [3.8, 4) is 0 Å². The van der Waals surface area contributed by atoms with Crippen LogP contribution in [0.15, 0.2) is 18.2 Å². The second-order valence-electron chi connectivity index (χ2n) is 3.73. The number of alkyl halides is 1. The summed E-state index contributed by atoms with van der Waals surface area (Å²) in [5.74, 6) is -1.98. The second-order valence-corrected chi connectivity index (χ2v) is 4.72. The maximum Gasteiger partial charge on any atom is 0.238 e. The standard InChI is InChI=1S/C11H12BrF2NO/c1-6(2)9(12)11(16)15-10-7(13)4-3-5-8(10)14/h3-6,9H,1-2H3,(H,15,16). The van der Waals surface area contributed by atoms with E-state index in [-0.39, 0.29) is 5.92 Å². The van der Waals surface area contributed by atoms with Crippen LogP contribution in [0.5, 0.6) is 0 Å². The molecule has 0 saturated carbocycles. The van der Waals surface area contributed by atoms with E-state index >= 15 is 0 Å². The molecule has 88 valence electrons. The molecule has 0 aliphatic heterocycles. The topological polar surface area (TPSA) is 29.1 Å². The Kier molecular flexibility index (Phi) is 4.41. The maximum absolute atomic E-state index is 13.2. The predicted molar refractivity (Wildman–Crippen MR) is 62.5 cm³/mol. The highest BCUT2D eigenvalue weighted by atomic mass is 79.9. The highest BCUT2D eigenvalue weighted by Gasteiger charge is 2.21.